The molecule has 1 aliphatic carbocycles. The van der Waals surface area contributed by atoms with Gasteiger partial charge in [-0.1, -0.05) is 33.1 Å². The molecule has 126 valence electrons. The van der Waals surface area contributed by atoms with Crippen molar-refractivity contribution >= 4 is 10.2 Å². The highest BCUT2D eigenvalue weighted by Gasteiger charge is 2.27. The monoisotopic (exact) mass is 329 g/mol. The lowest BCUT2D eigenvalue weighted by Gasteiger charge is -2.30. The molecule has 2 rings (SSSR count). The molecular formula is C14H27N5O2S. The van der Waals surface area contributed by atoms with E-state index < -0.39 is 10.2 Å². The lowest BCUT2D eigenvalue weighted by molar-refractivity contribution is 0.282. The highest BCUT2D eigenvalue weighted by molar-refractivity contribution is 7.87. The Hall–Kier alpha value is -0.990. The fourth-order valence-corrected chi connectivity index (χ4v) is 4.05. The van der Waals surface area contributed by atoms with Crippen LogP contribution in [0, 0.1) is 0 Å². The quantitative estimate of drug-likeness (QED) is 0.858. The Kier molecular flexibility index (Phi) is 5.57. The first-order valence-electron chi connectivity index (χ1n) is 7.93. The second kappa shape index (κ2) is 7.06. The summed E-state index contributed by atoms with van der Waals surface area (Å²) in [4.78, 5) is 0. The van der Waals surface area contributed by atoms with E-state index in [9.17, 15) is 8.42 Å². The van der Waals surface area contributed by atoms with Crippen LogP contribution >= 0.6 is 0 Å². The van der Waals surface area contributed by atoms with Gasteiger partial charge in [0, 0.05) is 26.1 Å². The van der Waals surface area contributed by atoms with Crippen LogP contribution in [0.4, 0.5) is 0 Å². The molecule has 0 radical (unpaired) electrons. The van der Waals surface area contributed by atoms with Gasteiger partial charge in [0.05, 0.1) is 6.54 Å². The van der Waals surface area contributed by atoms with E-state index in [2.05, 4.69) is 14.9 Å². The molecule has 1 aromatic rings. The summed E-state index contributed by atoms with van der Waals surface area (Å²) in [5, 5.41) is 8.19. The molecule has 0 aliphatic heterocycles. The number of nitrogens with one attached hydrogen (secondary N) is 1. The van der Waals surface area contributed by atoms with Gasteiger partial charge in [0.2, 0.25) is 0 Å². The lowest BCUT2D eigenvalue weighted by Crippen LogP contribution is -2.44. The number of aromatic nitrogens is 3. The average molecular weight is 329 g/mol. The first kappa shape index (κ1) is 17.4. The maximum Gasteiger partial charge on any atom is 0.279 e. The number of hydrogen-bond donors (Lipinski definition) is 1. The summed E-state index contributed by atoms with van der Waals surface area (Å²) in [6, 6.07) is 0.108. The van der Waals surface area contributed by atoms with Gasteiger partial charge in [0.1, 0.15) is 11.6 Å². The Balaban J connectivity index is 2.00. The maximum atomic E-state index is 12.4. The Labute approximate surface area is 133 Å². The van der Waals surface area contributed by atoms with Crippen LogP contribution in [0.1, 0.15) is 63.5 Å². The van der Waals surface area contributed by atoms with Crippen LogP contribution in [0.25, 0.3) is 0 Å². The zero-order chi connectivity index (χ0) is 16.3. The topological polar surface area (TPSA) is 80.1 Å². The van der Waals surface area contributed by atoms with Gasteiger partial charge in [-0.25, -0.2) is 0 Å². The van der Waals surface area contributed by atoms with Crippen LogP contribution in [-0.4, -0.2) is 40.6 Å². The van der Waals surface area contributed by atoms with Crippen molar-refractivity contribution in [3.05, 3.63) is 11.6 Å². The van der Waals surface area contributed by atoms with Crippen molar-refractivity contribution in [3.8, 4) is 0 Å². The molecule has 1 aromatic heterocycles. The first-order chi connectivity index (χ1) is 10.3. The van der Waals surface area contributed by atoms with Gasteiger partial charge in [0.15, 0.2) is 0 Å². The minimum atomic E-state index is -3.48. The van der Waals surface area contributed by atoms with Gasteiger partial charge in [-0.2, -0.15) is 17.4 Å². The molecule has 7 nitrogen and oxygen atoms in total. The minimum absolute atomic E-state index is 0.108. The van der Waals surface area contributed by atoms with Gasteiger partial charge >= 0.3 is 0 Å². The Morgan fingerprint density at radius 2 is 1.91 bits per heavy atom. The summed E-state index contributed by atoms with van der Waals surface area (Å²) in [6.07, 6.45) is 5.30. The Morgan fingerprint density at radius 1 is 1.27 bits per heavy atom. The SMILES string of the molecule is CC(C)c1nnc(CNS(=O)(=O)N(C)C2CCCCC2)n1C. The summed E-state index contributed by atoms with van der Waals surface area (Å²) in [6.45, 7) is 4.24. The highest BCUT2D eigenvalue weighted by atomic mass is 32.2. The van der Waals surface area contributed by atoms with Crippen LogP contribution in [0.15, 0.2) is 0 Å². The molecule has 0 saturated heterocycles. The largest absolute Gasteiger partial charge is 0.317 e. The molecule has 1 saturated carbocycles. The van der Waals surface area contributed by atoms with E-state index in [-0.39, 0.29) is 18.5 Å². The van der Waals surface area contributed by atoms with Gasteiger partial charge in [-0.15, -0.1) is 10.2 Å². The molecule has 1 fully saturated rings. The summed E-state index contributed by atoms with van der Waals surface area (Å²) in [5.74, 6) is 1.74. The summed E-state index contributed by atoms with van der Waals surface area (Å²) in [7, 11) is 0.0425. The zero-order valence-electron chi connectivity index (χ0n) is 13.9. The molecule has 0 atom stereocenters. The summed E-state index contributed by atoms with van der Waals surface area (Å²) >= 11 is 0. The van der Waals surface area contributed by atoms with Gasteiger partial charge in [-0.3, -0.25) is 0 Å². The van der Waals surface area contributed by atoms with Crippen LogP contribution in [0.2, 0.25) is 0 Å². The fourth-order valence-electron chi connectivity index (χ4n) is 2.93. The Bertz CT molecular complexity index is 590. The molecule has 8 heteroatoms. The molecule has 0 aromatic carbocycles. The number of nitrogens with zero attached hydrogens (tertiary/aromatic N) is 4. The molecular weight excluding hydrogens is 302 g/mol. The maximum absolute atomic E-state index is 12.4. The fraction of sp³-hybridized carbons (Fsp3) is 0.857. The summed E-state index contributed by atoms with van der Waals surface area (Å²) < 4.78 is 30.8. The minimum Gasteiger partial charge on any atom is -0.317 e. The van der Waals surface area contributed by atoms with Crippen molar-refractivity contribution in [1.29, 1.82) is 0 Å². The zero-order valence-corrected chi connectivity index (χ0v) is 14.7. The van der Waals surface area contributed by atoms with E-state index in [1.807, 2.05) is 25.5 Å². The molecule has 0 spiro atoms. The van der Waals surface area contributed by atoms with E-state index in [1.54, 1.807) is 7.05 Å². The number of rotatable bonds is 6. The van der Waals surface area contributed by atoms with Crippen molar-refractivity contribution in [2.45, 2.75) is 64.5 Å². The molecule has 0 bridgehead atoms. The molecule has 0 amide bonds. The lowest BCUT2D eigenvalue weighted by atomic mass is 9.96. The van der Waals surface area contributed by atoms with E-state index >= 15 is 0 Å². The van der Waals surface area contributed by atoms with Crippen LogP contribution < -0.4 is 4.72 Å². The smallest absolute Gasteiger partial charge is 0.279 e. The van der Waals surface area contributed by atoms with E-state index in [4.69, 9.17) is 0 Å². The third-order valence-corrected chi connectivity index (χ3v) is 5.96. The van der Waals surface area contributed by atoms with Crippen molar-refractivity contribution in [3.63, 3.8) is 0 Å². The third-order valence-electron chi connectivity index (χ3n) is 4.40. The third kappa shape index (κ3) is 3.85. The van der Waals surface area contributed by atoms with Crippen molar-refractivity contribution in [2.75, 3.05) is 7.05 Å². The predicted octanol–water partition coefficient (Wildman–Crippen LogP) is 1.54. The van der Waals surface area contributed by atoms with Crippen LogP contribution in [0.3, 0.4) is 0 Å². The second-order valence-electron chi connectivity index (χ2n) is 6.32. The van der Waals surface area contributed by atoms with Gasteiger partial charge in [0.25, 0.3) is 10.2 Å². The van der Waals surface area contributed by atoms with E-state index in [0.29, 0.717) is 5.82 Å². The van der Waals surface area contributed by atoms with E-state index in [1.165, 1.54) is 10.7 Å². The van der Waals surface area contributed by atoms with E-state index in [0.717, 1.165) is 31.5 Å². The molecule has 1 aliphatic rings. The molecule has 1 N–H and O–H groups in total. The second-order valence-corrected chi connectivity index (χ2v) is 8.14. The standard InChI is InChI=1S/C14H27N5O2S/c1-11(2)14-17-16-13(18(14)3)10-15-22(20,21)19(4)12-8-6-5-7-9-12/h11-12,15H,5-10H2,1-4H3. The Morgan fingerprint density at radius 3 is 2.45 bits per heavy atom. The van der Waals surface area contributed by atoms with Crippen LogP contribution in [0.5, 0.6) is 0 Å². The summed E-state index contributed by atoms with van der Waals surface area (Å²) in [5.41, 5.74) is 0. The molecule has 1 heterocycles. The van der Waals surface area contributed by atoms with Gasteiger partial charge < -0.3 is 4.57 Å². The molecule has 0 unspecified atom stereocenters. The van der Waals surface area contributed by atoms with Crippen molar-refractivity contribution in [2.24, 2.45) is 7.05 Å². The predicted molar refractivity (Wildman–Crippen MR) is 85.5 cm³/mol. The average Bonchev–Trinajstić information content (AvgIpc) is 2.86. The number of hydrogen-bond acceptors (Lipinski definition) is 4. The van der Waals surface area contributed by atoms with Crippen LogP contribution in [-0.2, 0) is 23.8 Å². The molecule has 22 heavy (non-hydrogen) atoms. The highest BCUT2D eigenvalue weighted by Crippen LogP contribution is 2.23. The van der Waals surface area contributed by atoms with Crippen molar-refractivity contribution < 1.29 is 8.42 Å². The van der Waals surface area contributed by atoms with Gasteiger partial charge in [-0.05, 0) is 12.8 Å². The van der Waals surface area contributed by atoms with Crippen molar-refractivity contribution in [1.82, 2.24) is 23.8 Å². The normalized spacial score (nSPS) is 17.5. The first-order valence-corrected chi connectivity index (χ1v) is 9.37.